The Balaban J connectivity index is 0.000000240. The summed E-state index contributed by atoms with van der Waals surface area (Å²) in [6, 6.07) is 2.96. The van der Waals surface area contributed by atoms with E-state index in [2.05, 4.69) is 30.6 Å². The summed E-state index contributed by atoms with van der Waals surface area (Å²) in [4.78, 5) is 64.3. The minimum atomic E-state index is -1.13. The number of hydrogen-bond acceptors (Lipinski definition) is 10. The van der Waals surface area contributed by atoms with E-state index in [1.54, 1.807) is 13.8 Å². The summed E-state index contributed by atoms with van der Waals surface area (Å²) >= 11 is 0. The van der Waals surface area contributed by atoms with Crippen LogP contribution in [0.4, 0.5) is 0 Å². The maximum Gasteiger partial charge on any atom is 0.338 e. The molecule has 44 heavy (non-hydrogen) atoms. The second-order valence-corrected chi connectivity index (χ2v) is 11.4. The fourth-order valence-electron chi connectivity index (χ4n) is 4.31. The average molecular weight is 611 g/mol. The lowest BCUT2D eigenvalue weighted by molar-refractivity contribution is -0.125. The molecule has 2 amide bonds. The molecule has 2 aromatic heterocycles. The van der Waals surface area contributed by atoms with Crippen molar-refractivity contribution in [2.24, 2.45) is 21.8 Å². The summed E-state index contributed by atoms with van der Waals surface area (Å²) in [5, 5.41) is 24.0. The highest BCUT2D eigenvalue weighted by Crippen LogP contribution is 2.28. The fourth-order valence-corrected chi connectivity index (χ4v) is 4.31. The summed E-state index contributed by atoms with van der Waals surface area (Å²) < 4.78 is 9.95. The third kappa shape index (κ3) is 6.81. The lowest BCUT2D eigenvalue weighted by Gasteiger charge is -2.21. The van der Waals surface area contributed by atoms with Gasteiger partial charge < -0.3 is 30.3 Å². The summed E-state index contributed by atoms with van der Waals surface area (Å²) in [5.41, 5.74) is -0.269. The molecule has 0 radical (unpaired) electrons. The van der Waals surface area contributed by atoms with E-state index in [1.807, 2.05) is 27.7 Å². The van der Waals surface area contributed by atoms with E-state index < -0.39 is 23.0 Å². The molecule has 4 heterocycles. The van der Waals surface area contributed by atoms with Crippen molar-refractivity contribution in [3.63, 3.8) is 0 Å². The largest absolute Gasteiger partial charge is 0.478 e. The zero-order chi connectivity index (χ0) is 33.0. The Morgan fingerprint density at radius 2 is 1.09 bits per heavy atom. The van der Waals surface area contributed by atoms with E-state index in [1.165, 1.54) is 38.7 Å². The van der Waals surface area contributed by atoms with Crippen molar-refractivity contribution in [2.75, 3.05) is 14.2 Å². The van der Waals surface area contributed by atoms with Gasteiger partial charge in [0.2, 0.25) is 0 Å². The van der Waals surface area contributed by atoms with Crippen molar-refractivity contribution in [3.8, 4) is 0 Å². The lowest BCUT2D eigenvalue weighted by atomic mass is 9.89. The highest BCUT2D eigenvalue weighted by atomic mass is 16.5. The van der Waals surface area contributed by atoms with Crippen LogP contribution in [0.15, 0.2) is 34.5 Å². The average Bonchev–Trinajstić information content (AvgIpc) is 3.45. The van der Waals surface area contributed by atoms with Gasteiger partial charge in [-0.3, -0.25) is 19.6 Å². The number of hydrogen-bond donors (Lipinski definition) is 4. The van der Waals surface area contributed by atoms with E-state index >= 15 is 0 Å². The number of methoxy groups -OCH3 is 2. The Labute approximate surface area is 255 Å². The summed E-state index contributed by atoms with van der Waals surface area (Å²) in [6.07, 6.45) is 3.04. The molecule has 0 aromatic carbocycles. The number of carboxylic acids is 2. The second-order valence-electron chi connectivity index (χ2n) is 11.4. The van der Waals surface area contributed by atoms with Gasteiger partial charge in [-0.1, -0.05) is 27.7 Å². The van der Waals surface area contributed by atoms with Crippen molar-refractivity contribution < 1.29 is 38.9 Å². The Morgan fingerprint density at radius 1 is 0.750 bits per heavy atom. The Kier molecular flexibility index (Phi) is 10.3. The quantitative estimate of drug-likeness (QED) is 0.309. The van der Waals surface area contributed by atoms with Crippen LogP contribution in [0.3, 0.4) is 0 Å². The van der Waals surface area contributed by atoms with Crippen molar-refractivity contribution in [1.82, 2.24) is 20.6 Å². The van der Waals surface area contributed by atoms with Crippen LogP contribution in [0.5, 0.6) is 0 Å². The molecule has 0 bridgehead atoms. The third-order valence-electron chi connectivity index (χ3n) is 7.74. The van der Waals surface area contributed by atoms with Gasteiger partial charge >= 0.3 is 11.9 Å². The first-order valence-electron chi connectivity index (χ1n) is 13.8. The van der Waals surface area contributed by atoms with E-state index in [9.17, 15) is 29.4 Å². The molecule has 2 aliphatic rings. The molecule has 0 fully saturated rings. The molecule has 236 valence electrons. The third-order valence-corrected chi connectivity index (χ3v) is 7.74. The number of nitrogens with zero attached hydrogens (tertiary/aromatic N) is 4. The molecular weight excluding hydrogens is 572 g/mol. The molecule has 4 rings (SSSR count). The SMILES string of the molecule is COCc1cnc(C2=N[C@@](C)(C(C)C)C(=O)N2)c(C(=O)O)c1.COCc1cnc(C2=N[C@](C)(C(C)C)C(=O)N2)c(C(=O)O)c1. The molecule has 2 aromatic rings. The minimum Gasteiger partial charge on any atom is -0.478 e. The van der Waals surface area contributed by atoms with Crippen molar-refractivity contribution in [1.29, 1.82) is 0 Å². The van der Waals surface area contributed by atoms with E-state index in [-0.39, 0.29) is 71.0 Å². The molecule has 0 saturated heterocycles. The minimum absolute atomic E-state index is 0.0124. The van der Waals surface area contributed by atoms with Crippen molar-refractivity contribution >= 4 is 35.4 Å². The Bertz CT molecular complexity index is 1420. The van der Waals surface area contributed by atoms with E-state index in [0.717, 1.165) is 0 Å². The first kappa shape index (κ1) is 33.9. The molecule has 14 nitrogen and oxygen atoms in total. The smallest absolute Gasteiger partial charge is 0.338 e. The van der Waals surface area contributed by atoms with Gasteiger partial charge in [0.25, 0.3) is 11.8 Å². The van der Waals surface area contributed by atoms with E-state index in [4.69, 9.17) is 9.47 Å². The number of pyridine rings is 2. The number of amidine groups is 2. The van der Waals surface area contributed by atoms with Gasteiger partial charge in [0.1, 0.15) is 22.5 Å². The van der Waals surface area contributed by atoms with Crippen LogP contribution in [0.25, 0.3) is 0 Å². The molecule has 0 spiro atoms. The second kappa shape index (κ2) is 13.4. The Morgan fingerprint density at radius 3 is 1.34 bits per heavy atom. The zero-order valence-corrected chi connectivity index (χ0v) is 26.0. The first-order chi connectivity index (χ1) is 20.6. The lowest BCUT2D eigenvalue weighted by Crippen LogP contribution is -2.41. The highest BCUT2D eigenvalue weighted by molar-refractivity contribution is 6.18. The van der Waals surface area contributed by atoms with Crippen LogP contribution >= 0.6 is 0 Å². The first-order valence-corrected chi connectivity index (χ1v) is 13.8. The van der Waals surface area contributed by atoms with Gasteiger partial charge in [-0.25, -0.2) is 19.6 Å². The predicted octanol–water partition coefficient (Wildman–Crippen LogP) is 2.43. The van der Waals surface area contributed by atoms with Crippen molar-refractivity contribution in [2.45, 2.75) is 65.8 Å². The van der Waals surface area contributed by atoms with Gasteiger partial charge in [-0.15, -0.1) is 0 Å². The molecular formula is C30H38N6O8. The molecule has 0 unspecified atom stereocenters. The van der Waals surface area contributed by atoms with Crippen LogP contribution in [-0.2, 0) is 32.3 Å². The number of carbonyl (C=O) groups is 4. The maximum absolute atomic E-state index is 12.2. The van der Waals surface area contributed by atoms with Gasteiger partial charge in [0.15, 0.2) is 11.7 Å². The molecule has 2 aliphatic heterocycles. The van der Waals surface area contributed by atoms with Crippen LogP contribution in [0.2, 0.25) is 0 Å². The number of rotatable bonds is 10. The fraction of sp³-hybridized carbons (Fsp3) is 0.467. The number of carbonyl (C=O) groups excluding carboxylic acids is 2. The number of aliphatic imine (C=N–C) groups is 2. The number of nitrogens with one attached hydrogen (secondary N) is 2. The normalized spacial score (nSPS) is 21.0. The van der Waals surface area contributed by atoms with Crippen LogP contribution in [-0.4, -0.2) is 80.9 Å². The zero-order valence-electron chi connectivity index (χ0n) is 26.0. The maximum atomic E-state index is 12.2. The number of aromatic carboxylic acids is 2. The molecule has 14 heteroatoms. The standard InChI is InChI=1S/2C15H19N3O4/c2*1-8(2)15(3)14(21)17-12(18-15)11-10(13(19)20)5-9(6-16-11)7-22-4/h2*5-6,8H,7H2,1-4H3,(H,19,20)(H,17,18,21)/t2*15-/m10/s1. The summed E-state index contributed by atoms with van der Waals surface area (Å²) in [7, 11) is 3.04. The predicted molar refractivity (Wildman–Crippen MR) is 160 cm³/mol. The topological polar surface area (TPSA) is 202 Å². The molecule has 0 aliphatic carbocycles. The van der Waals surface area contributed by atoms with Crippen molar-refractivity contribution in [3.05, 3.63) is 58.2 Å². The van der Waals surface area contributed by atoms with Gasteiger partial charge in [0, 0.05) is 26.6 Å². The van der Waals surface area contributed by atoms with Gasteiger partial charge in [-0.05, 0) is 48.9 Å². The van der Waals surface area contributed by atoms with Crippen LogP contribution in [0.1, 0.15) is 84.8 Å². The summed E-state index contributed by atoms with van der Waals surface area (Å²) in [6.45, 7) is 11.5. The Hall–Kier alpha value is -4.56. The number of amides is 2. The molecule has 0 saturated carbocycles. The van der Waals surface area contributed by atoms with Gasteiger partial charge in [-0.2, -0.15) is 0 Å². The monoisotopic (exact) mass is 610 g/mol. The number of aromatic nitrogens is 2. The van der Waals surface area contributed by atoms with Crippen LogP contribution < -0.4 is 10.6 Å². The molecule has 2 atom stereocenters. The van der Waals surface area contributed by atoms with Crippen LogP contribution in [0, 0.1) is 11.8 Å². The highest BCUT2D eigenvalue weighted by Gasteiger charge is 2.44. The van der Waals surface area contributed by atoms with E-state index in [0.29, 0.717) is 11.1 Å². The number of ether oxygens (including phenoxy) is 2. The number of carboxylic acid groups (broad SMARTS) is 2. The summed E-state index contributed by atoms with van der Waals surface area (Å²) in [5.74, 6) is -2.42. The van der Waals surface area contributed by atoms with Gasteiger partial charge in [0.05, 0.1) is 24.3 Å². The molecule has 4 N–H and O–H groups in total.